The number of amides is 9. The lowest BCUT2D eigenvalue weighted by Crippen LogP contribution is -2.62. The number of benzene rings is 2. The summed E-state index contributed by atoms with van der Waals surface area (Å²) in [5.74, 6) is -11.3. The molecule has 1 saturated heterocycles. The summed E-state index contributed by atoms with van der Waals surface area (Å²) >= 11 is 1.09. The number of thioether (sulfide) groups is 1. The number of Topliss-reactive ketones (excluding diaryl/α,β-unsaturated/α-hetero) is 2. The maximum atomic E-state index is 14.8. The molecule has 2 aromatic rings. The van der Waals surface area contributed by atoms with Gasteiger partial charge in [-0.3, -0.25) is 52.7 Å². The van der Waals surface area contributed by atoms with Crippen LogP contribution in [0.3, 0.4) is 0 Å². The van der Waals surface area contributed by atoms with Crippen LogP contribution >= 0.6 is 11.8 Å². The quantitative estimate of drug-likeness (QED) is 0.0664. The van der Waals surface area contributed by atoms with Crippen molar-refractivity contribution in [3.8, 4) is 5.75 Å². The predicted octanol–water partition coefficient (Wildman–Crippen LogP) is -1.63. The first-order valence-electron chi connectivity index (χ1n) is 23.8. The summed E-state index contributed by atoms with van der Waals surface area (Å²) in [5, 5.41) is 22.4. The molecule has 1 heterocycles. The number of carbonyl (C=O) groups excluding carboxylic acids is 11. The van der Waals surface area contributed by atoms with E-state index in [4.69, 9.17) is 17.2 Å². The van der Waals surface area contributed by atoms with Crippen molar-refractivity contribution < 1.29 is 62.2 Å². The summed E-state index contributed by atoms with van der Waals surface area (Å²) < 4.78 is 14.0. The highest BCUT2D eigenvalue weighted by atomic mass is 32.2. The zero-order valence-corrected chi connectivity index (χ0v) is 42.1. The van der Waals surface area contributed by atoms with E-state index in [1.807, 2.05) is 0 Å². The lowest BCUT2D eigenvalue weighted by atomic mass is 9.90. The fourth-order valence-corrected chi connectivity index (χ4v) is 8.41. The molecular formula is C48H68FN11O12S. The fraction of sp³-hybridized carbons (Fsp3) is 0.521. The molecule has 9 amide bonds. The molecule has 0 spiro atoms. The molecule has 7 atom stereocenters. The van der Waals surface area contributed by atoms with Crippen molar-refractivity contribution in [2.24, 2.45) is 29.0 Å². The zero-order valence-electron chi connectivity index (χ0n) is 41.3. The second kappa shape index (κ2) is 30.1. The van der Waals surface area contributed by atoms with E-state index in [0.29, 0.717) is 17.5 Å². The van der Waals surface area contributed by atoms with Crippen molar-refractivity contribution in [1.82, 2.24) is 42.3 Å². The third-order valence-electron chi connectivity index (χ3n) is 11.5. The molecule has 0 aliphatic carbocycles. The van der Waals surface area contributed by atoms with Crippen LogP contribution in [0.4, 0.5) is 4.39 Å². The summed E-state index contributed by atoms with van der Waals surface area (Å²) in [5.41, 5.74) is 22.4. The van der Waals surface area contributed by atoms with Crippen LogP contribution in [0.15, 0.2) is 48.5 Å². The second-order valence-electron chi connectivity index (χ2n) is 18.2. The second-order valence-corrected chi connectivity index (χ2v) is 19.3. The number of primary amides is 3. The summed E-state index contributed by atoms with van der Waals surface area (Å²) in [6.07, 6.45) is -1.26. The molecule has 0 saturated carbocycles. The molecule has 1 aliphatic rings. The highest BCUT2D eigenvalue weighted by molar-refractivity contribution is 7.99. The fourth-order valence-electron chi connectivity index (χ4n) is 7.44. The summed E-state index contributed by atoms with van der Waals surface area (Å²) in [4.78, 5) is 149. The van der Waals surface area contributed by atoms with E-state index in [-0.39, 0.29) is 61.8 Å². The Bertz CT molecular complexity index is 2290. The predicted molar refractivity (Wildman–Crippen MR) is 265 cm³/mol. The molecule has 73 heavy (non-hydrogen) atoms. The van der Waals surface area contributed by atoms with E-state index in [9.17, 15) is 62.2 Å². The van der Waals surface area contributed by atoms with Crippen LogP contribution < -0.4 is 54.6 Å². The first-order valence-corrected chi connectivity index (χ1v) is 24.9. The van der Waals surface area contributed by atoms with Gasteiger partial charge in [-0.25, -0.2) is 15.2 Å². The Morgan fingerprint density at radius 3 is 2.05 bits per heavy atom. The van der Waals surface area contributed by atoms with Gasteiger partial charge in [-0.15, -0.1) is 0 Å². The van der Waals surface area contributed by atoms with Crippen molar-refractivity contribution in [3.63, 3.8) is 0 Å². The molecule has 3 rings (SSSR count). The number of hydrogen-bond donors (Lipinski definition) is 11. The first-order chi connectivity index (χ1) is 34.5. The van der Waals surface area contributed by atoms with Crippen LogP contribution in [-0.2, 0) is 65.7 Å². The number of phenolic OH excluding ortho intramolecular Hbond substituents is 1. The number of halogens is 1. The smallest absolute Gasteiger partial charge is 0.246 e. The van der Waals surface area contributed by atoms with Gasteiger partial charge in [0.15, 0.2) is 0 Å². The molecule has 400 valence electrons. The normalized spacial score (nSPS) is 20.6. The molecule has 2 aromatic carbocycles. The molecule has 1 aliphatic heterocycles. The lowest BCUT2D eigenvalue weighted by molar-refractivity contribution is -0.141. The van der Waals surface area contributed by atoms with E-state index >= 15 is 0 Å². The van der Waals surface area contributed by atoms with Gasteiger partial charge in [-0.1, -0.05) is 58.4 Å². The number of aromatic hydroxyl groups is 1. The summed E-state index contributed by atoms with van der Waals surface area (Å²) in [6, 6.07) is 2.11. The van der Waals surface area contributed by atoms with Gasteiger partial charge in [-0.2, -0.15) is 11.8 Å². The maximum absolute atomic E-state index is 14.8. The van der Waals surface area contributed by atoms with E-state index in [1.165, 1.54) is 36.4 Å². The van der Waals surface area contributed by atoms with Gasteiger partial charge in [0.1, 0.15) is 35.7 Å². The molecule has 25 heteroatoms. The van der Waals surface area contributed by atoms with Gasteiger partial charge in [0.25, 0.3) is 0 Å². The van der Waals surface area contributed by atoms with Crippen LogP contribution in [0.2, 0.25) is 0 Å². The van der Waals surface area contributed by atoms with Gasteiger partial charge in [0, 0.05) is 31.6 Å². The van der Waals surface area contributed by atoms with E-state index in [1.54, 1.807) is 27.7 Å². The Hall–Kier alpha value is -6.99. The average Bonchev–Trinajstić information content (AvgIpc) is 3.32. The number of nitrogens with zero attached hydrogens (tertiary/aromatic N) is 1. The number of ketones is 2. The Kier molecular flexibility index (Phi) is 24.9. The number of nitrogens with one attached hydrogen (secondary N) is 7. The Morgan fingerprint density at radius 1 is 0.808 bits per heavy atom. The summed E-state index contributed by atoms with van der Waals surface area (Å²) in [7, 11) is 0. The van der Waals surface area contributed by atoms with Gasteiger partial charge in [0.2, 0.25) is 64.7 Å². The Balaban J connectivity index is 2.10. The summed E-state index contributed by atoms with van der Waals surface area (Å²) in [6.45, 7) is 5.39. The molecule has 0 radical (unpaired) electrons. The van der Waals surface area contributed by atoms with Gasteiger partial charge in [0.05, 0.1) is 31.6 Å². The minimum Gasteiger partial charge on any atom is -0.508 e. The molecule has 23 nitrogen and oxygen atoms in total. The number of phenols is 1. The van der Waals surface area contributed by atoms with Crippen LogP contribution in [0.1, 0.15) is 83.8 Å². The van der Waals surface area contributed by atoms with Crippen molar-refractivity contribution >= 4 is 76.5 Å². The zero-order chi connectivity index (χ0) is 54.4. The number of rotatable bonds is 20. The van der Waals surface area contributed by atoms with Crippen LogP contribution in [0, 0.1) is 17.7 Å². The monoisotopic (exact) mass is 1040 g/mol. The van der Waals surface area contributed by atoms with E-state index in [2.05, 4.69) is 37.4 Å². The SMILES string of the molecule is CC[C@H](C)C1NN[C@@H](CCC(N)=O)C(=O)N[C@@H](CC(N)=O)C(=O)N[C@H](C(=O)N(CC(=O)N[C@@H](CC(C)C)C(=O)NCC(N)=O)Cc2ccc(F)cc2)CSCCCC(=O)N[C@@H](Cc2ccc(O)cc2)C(=O)C1=O. The Morgan fingerprint density at radius 2 is 1.45 bits per heavy atom. The van der Waals surface area contributed by atoms with Crippen LogP contribution in [0.25, 0.3) is 0 Å². The molecule has 14 N–H and O–H groups in total. The largest absolute Gasteiger partial charge is 0.508 e. The number of hydrogen-bond acceptors (Lipinski definition) is 15. The van der Waals surface area contributed by atoms with Crippen molar-refractivity contribution in [3.05, 3.63) is 65.5 Å². The van der Waals surface area contributed by atoms with Gasteiger partial charge < -0.3 is 53.8 Å². The number of hydrazine groups is 1. The van der Waals surface area contributed by atoms with Crippen LogP contribution in [-0.4, -0.2) is 136 Å². The van der Waals surface area contributed by atoms with E-state index < -0.39 is 139 Å². The van der Waals surface area contributed by atoms with Gasteiger partial charge >= 0.3 is 0 Å². The minimum atomic E-state index is -1.77. The van der Waals surface area contributed by atoms with Crippen molar-refractivity contribution in [2.45, 2.75) is 122 Å². The molecule has 1 unspecified atom stereocenters. The minimum absolute atomic E-state index is 0.0580. The maximum Gasteiger partial charge on any atom is 0.246 e. The molecular weight excluding hydrogens is 974 g/mol. The molecule has 0 aromatic heterocycles. The van der Waals surface area contributed by atoms with Crippen LogP contribution in [0.5, 0.6) is 5.75 Å². The van der Waals surface area contributed by atoms with Crippen molar-refractivity contribution in [1.29, 1.82) is 0 Å². The third-order valence-corrected chi connectivity index (χ3v) is 12.7. The van der Waals surface area contributed by atoms with E-state index in [0.717, 1.165) is 28.8 Å². The lowest BCUT2D eigenvalue weighted by Gasteiger charge is -2.30. The third kappa shape index (κ3) is 21.3. The average molecular weight is 1040 g/mol. The van der Waals surface area contributed by atoms with Gasteiger partial charge in [-0.05, 0) is 72.2 Å². The number of nitrogens with two attached hydrogens (primary N) is 3. The first kappa shape index (κ1) is 60.3. The molecule has 1 fully saturated rings. The number of carbonyl (C=O) groups is 11. The standard InChI is InChI=1S/C48H68FN11O12S/c1-5-27(4)42-44(68)43(67)33(20-28-10-14-31(61)15-11-28)54-40(65)7-6-18-73-25-36(57-47(71)35(21-38(51)63)56-46(70)32(58-59-42)16-17-37(50)62)48(72)60(23-29-8-12-30(49)13-9-29)24-41(66)55-34(19-26(2)3)45(69)53-22-39(52)64/h8-15,26-27,32-36,42,58-59,61H,5-7,16-25H2,1-4H3,(H2,50,62)(H2,51,63)(H2,52,64)(H,53,69)(H,54,65)(H,55,66)(H,56,70)(H,57,71)/t27-,32-,33-,34-,35-,36-,42?/m0/s1. The Labute approximate surface area is 426 Å². The topological polar surface area (TPSA) is 374 Å². The molecule has 0 bridgehead atoms. The highest BCUT2D eigenvalue weighted by Gasteiger charge is 2.37. The highest BCUT2D eigenvalue weighted by Crippen LogP contribution is 2.18. The van der Waals surface area contributed by atoms with Crippen molar-refractivity contribution in [2.75, 3.05) is 24.6 Å².